The monoisotopic (exact) mass is 1060 g/mol. The first-order valence-electron chi connectivity index (χ1n) is 26.9. The highest BCUT2D eigenvalue weighted by atomic mass is 16.8. The van der Waals surface area contributed by atoms with Gasteiger partial charge in [-0.1, -0.05) is 39.3 Å². The minimum Gasteiger partial charge on any atom is -0.394 e. The minimum absolute atomic E-state index is 0.0705. The second kappa shape index (κ2) is 22.4. The Morgan fingerprint density at radius 2 is 1.22 bits per heavy atom. The van der Waals surface area contributed by atoms with Crippen LogP contribution in [0.1, 0.15) is 92.4 Å². The summed E-state index contributed by atoms with van der Waals surface area (Å²) in [5.41, 5.74) is 1.02. The summed E-state index contributed by atoms with van der Waals surface area (Å²) in [5.74, 6) is -0.310. The van der Waals surface area contributed by atoms with Gasteiger partial charge in [-0.15, -0.1) is 0 Å². The van der Waals surface area contributed by atoms with Crippen molar-refractivity contribution in [2.75, 3.05) is 26.4 Å². The van der Waals surface area contributed by atoms with Gasteiger partial charge in [0, 0.05) is 12.3 Å². The van der Waals surface area contributed by atoms with Gasteiger partial charge in [0.25, 0.3) is 0 Å². The second-order valence-electron chi connectivity index (χ2n) is 23.8. The van der Waals surface area contributed by atoms with E-state index in [2.05, 4.69) is 26.8 Å². The van der Waals surface area contributed by atoms with Crippen LogP contribution in [0.15, 0.2) is 11.6 Å². The number of aliphatic hydroxyl groups is 14. The van der Waals surface area contributed by atoms with Crippen molar-refractivity contribution in [1.82, 2.24) is 0 Å². The van der Waals surface area contributed by atoms with Crippen molar-refractivity contribution < 1.29 is 114 Å². The summed E-state index contributed by atoms with van der Waals surface area (Å²) >= 11 is 0. The van der Waals surface area contributed by atoms with E-state index < -0.39 is 155 Å². The number of hydrogen-bond donors (Lipinski definition) is 14. The molecule has 1 unspecified atom stereocenters. The largest absolute Gasteiger partial charge is 0.394 e. The van der Waals surface area contributed by atoms with Crippen molar-refractivity contribution in [3.8, 4) is 0 Å². The van der Waals surface area contributed by atoms with Crippen LogP contribution in [0.2, 0.25) is 0 Å². The number of allylic oxidation sites excluding steroid dienone is 1. The van der Waals surface area contributed by atoms with Gasteiger partial charge in [0.2, 0.25) is 0 Å². The molecule has 0 aromatic heterocycles. The summed E-state index contributed by atoms with van der Waals surface area (Å²) in [6, 6.07) is 0. The molecule has 9 aliphatic rings. The Morgan fingerprint density at radius 1 is 0.635 bits per heavy atom. The van der Waals surface area contributed by atoms with E-state index in [4.69, 9.17) is 42.6 Å². The van der Waals surface area contributed by atoms with E-state index in [-0.39, 0.29) is 41.3 Å². The van der Waals surface area contributed by atoms with E-state index in [1.165, 1.54) is 12.5 Å². The molecule has 8 fully saturated rings. The first kappa shape index (κ1) is 57.5. The standard InChI is InChI=1S/C51H84O23/c1-20(19-66-45-39(61)37(59)34(56)29(16-52)69-45)8-13-51(65)21(2)32-28(74-51)15-27-25-7-6-23-14-24(9-11-49(23,4)26(25)10-12-50(27,32)5)68-48-44(73-46-40(62)36(58)33(55)22(3)67-46)42(64)43(31(18-54)71-48)72-47-41(63)38(60)35(57)30(17-53)70-47/h6,20-22,24-48,52-65H,7-19H2,1-5H3/t20-,21-,22-,24-,25+,26-,27-,28-,29+,30+,31+,32-,33-,34+,35+,36+,37-,38-,39+,40+,41+,42-,43+,44+,45+,46-,47-,48+,49-,50-,51?/m0/s1. The number of fused-ring (bicyclic) bond motifs is 7. The average molecular weight is 1070 g/mol. The molecule has 3 saturated carbocycles. The number of hydrogen-bond acceptors (Lipinski definition) is 23. The molecule has 31 atom stereocenters. The quantitative estimate of drug-likeness (QED) is 0.0727. The number of aliphatic hydroxyl groups excluding tert-OH is 13. The van der Waals surface area contributed by atoms with Crippen LogP contribution in [0.4, 0.5) is 0 Å². The third-order valence-corrected chi connectivity index (χ3v) is 19.5. The van der Waals surface area contributed by atoms with Gasteiger partial charge in [-0.3, -0.25) is 0 Å². The highest BCUT2D eigenvalue weighted by molar-refractivity contribution is 5.26. The van der Waals surface area contributed by atoms with Crippen LogP contribution >= 0.6 is 0 Å². The van der Waals surface area contributed by atoms with E-state index >= 15 is 0 Å². The zero-order chi connectivity index (χ0) is 53.5. The van der Waals surface area contributed by atoms with Crippen LogP contribution in [-0.4, -0.2) is 239 Å². The summed E-state index contributed by atoms with van der Waals surface area (Å²) < 4.78 is 54.4. The van der Waals surface area contributed by atoms with Gasteiger partial charge >= 0.3 is 0 Å². The smallest absolute Gasteiger partial charge is 0.187 e. The Kier molecular flexibility index (Phi) is 17.4. The first-order valence-corrected chi connectivity index (χ1v) is 26.9. The number of rotatable bonds is 15. The molecule has 0 bridgehead atoms. The number of ether oxygens (including phenoxy) is 9. The molecule has 74 heavy (non-hydrogen) atoms. The van der Waals surface area contributed by atoms with Gasteiger partial charge < -0.3 is 114 Å². The molecular formula is C51H84O23. The Balaban J connectivity index is 0.849. The fourth-order valence-corrected chi connectivity index (χ4v) is 15.0. The summed E-state index contributed by atoms with van der Waals surface area (Å²) in [6.07, 6.45) is -22.1. The Bertz CT molecular complexity index is 1920. The maximum atomic E-state index is 12.1. The van der Waals surface area contributed by atoms with Crippen LogP contribution in [0.25, 0.3) is 0 Å². The van der Waals surface area contributed by atoms with Crippen molar-refractivity contribution in [3.63, 3.8) is 0 Å². The summed E-state index contributed by atoms with van der Waals surface area (Å²) in [5, 5.41) is 148. The molecule has 0 amide bonds. The zero-order valence-corrected chi connectivity index (χ0v) is 42.9. The molecule has 0 aromatic rings. The summed E-state index contributed by atoms with van der Waals surface area (Å²) in [7, 11) is 0. The minimum atomic E-state index is -1.85. The Hall–Kier alpha value is -1.18. The summed E-state index contributed by atoms with van der Waals surface area (Å²) in [6.45, 7) is 8.35. The molecule has 23 heteroatoms. The molecule has 0 aromatic carbocycles. The highest BCUT2D eigenvalue weighted by Crippen LogP contribution is 2.70. The van der Waals surface area contributed by atoms with Gasteiger partial charge in [0.05, 0.1) is 44.7 Å². The van der Waals surface area contributed by atoms with Gasteiger partial charge in [-0.05, 0) is 98.7 Å². The molecule has 0 spiro atoms. The van der Waals surface area contributed by atoms with Crippen LogP contribution in [-0.2, 0) is 42.6 Å². The molecule has 0 radical (unpaired) electrons. The molecule has 9 rings (SSSR count). The van der Waals surface area contributed by atoms with Crippen molar-refractivity contribution in [3.05, 3.63) is 11.6 Å². The fourth-order valence-electron chi connectivity index (χ4n) is 15.0. The normalized spacial score (nSPS) is 54.9. The molecule has 4 aliphatic carbocycles. The molecule has 5 heterocycles. The van der Waals surface area contributed by atoms with Gasteiger partial charge in [-0.25, -0.2) is 0 Å². The first-order chi connectivity index (χ1) is 35.0. The average Bonchev–Trinajstić information content (AvgIpc) is 3.82. The second-order valence-corrected chi connectivity index (χ2v) is 23.8. The van der Waals surface area contributed by atoms with Gasteiger partial charge in [-0.2, -0.15) is 0 Å². The molecule has 426 valence electrons. The van der Waals surface area contributed by atoms with Gasteiger partial charge in [0.1, 0.15) is 91.6 Å². The topological polar surface area (TPSA) is 366 Å². The third-order valence-electron chi connectivity index (χ3n) is 19.5. The molecular weight excluding hydrogens is 981 g/mol. The van der Waals surface area contributed by atoms with E-state index in [0.29, 0.717) is 43.4 Å². The predicted molar refractivity (Wildman–Crippen MR) is 250 cm³/mol. The van der Waals surface area contributed by atoms with Crippen molar-refractivity contribution >= 4 is 0 Å². The van der Waals surface area contributed by atoms with Gasteiger partial charge in [0.15, 0.2) is 30.9 Å². The zero-order valence-electron chi connectivity index (χ0n) is 42.9. The Morgan fingerprint density at radius 3 is 1.86 bits per heavy atom. The molecule has 14 N–H and O–H groups in total. The fraction of sp³-hybridized carbons (Fsp3) is 0.961. The predicted octanol–water partition coefficient (Wildman–Crippen LogP) is -3.01. The molecule has 5 aliphatic heterocycles. The molecule has 5 saturated heterocycles. The molecule has 23 nitrogen and oxygen atoms in total. The van der Waals surface area contributed by atoms with E-state index in [1.54, 1.807) is 0 Å². The lowest BCUT2D eigenvalue weighted by molar-refractivity contribution is -0.389. The SMILES string of the molecule is C[C@@H](CCC1(O)O[C@H]2C[C@H]3[C@@H]4CC=C5C[C@@H](O[C@@H]6O[C@H](CO)[C@@H](O[C@@H]7O[C@H](CO)[C@@H](O)[C@H](O)[C@H]7O)[C@H](O)[C@H]6O[C@@H]6O[C@@H](C)[C@H](O)[C@@H](O)[C@H]6O)CC[C@]5(C)[C@H]4CC[C@]3(C)[C@H]2[C@@H]1C)CO[C@@H]1O[C@H](CO)[C@@H](O)[C@H](O)[C@H]1O. The maximum absolute atomic E-state index is 12.1. The van der Waals surface area contributed by atoms with Crippen LogP contribution in [0.5, 0.6) is 0 Å². The Labute approximate surface area is 430 Å². The lowest BCUT2D eigenvalue weighted by atomic mass is 9.47. The van der Waals surface area contributed by atoms with E-state index in [0.717, 1.165) is 32.1 Å². The summed E-state index contributed by atoms with van der Waals surface area (Å²) in [4.78, 5) is 0. The lowest BCUT2D eigenvalue weighted by Crippen LogP contribution is -2.67. The van der Waals surface area contributed by atoms with E-state index in [9.17, 15) is 71.5 Å². The maximum Gasteiger partial charge on any atom is 0.187 e. The third kappa shape index (κ3) is 10.2. The van der Waals surface area contributed by atoms with Crippen LogP contribution < -0.4 is 0 Å². The van der Waals surface area contributed by atoms with Crippen molar-refractivity contribution in [2.45, 2.75) is 233 Å². The van der Waals surface area contributed by atoms with Crippen LogP contribution in [0.3, 0.4) is 0 Å². The van der Waals surface area contributed by atoms with Crippen molar-refractivity contribution in [1.29, 1.82) is 0 Å². The van der Waals surface area contributed by atoms with Crippen LogP contribution in [0, 0.1) is 46.3 Å². The lowest BCUT2D eigenvalue weighted by Gasteiger charge is -2.58. The van der Waals surface area contributed by atoms with E-state index in [1.807, 2.05) is 6.92 Å². The highest BCUT2D eigenvalue weighted by Gasteiger charge is 2.68. The van der Waals surface area contributed by atoms with Crippen molar-refractivity contribution in [2.24, 2.45) is 46.3 Å².